The van der Waals surface area contributed by atoms with Crippen molar-refractivity contribution in [3.63, 3.8) is 0 Å². The minimum atomic E-state index is -0.472. The van der Waals surface area contributed by atoms with Crippen LogP contribution in [0.3, 0.4) is 0 Å². The van der Waals surface area contributed by atoms with E-state index in [0.29, 0.717) is 28.3 Å². The summed E-state index contributed by atoms with van der Waals surface area (Å²) in [6, 6.07) is 14.3. The lowest BCUT2D eigenvalue weighted by Gasteiger charge is -2.26. The van der Waals surface area contributed by atoms with Crippen molar-refractivity contribution < 1.29 is 14.6 Å². The highest BCUT2D eigenvalue weighted by Crippen LogP contribution is 2.27. The van der Waals surface area contributed by atoms with Gasteiger partial charge in [-0.1, -0.05) is 19.1 Å². The van der Waals surface area contributed by atoms with Gasteiger partial charge in [0.1, 0.15) is 11.5 Å². The molecule has 1 fully saturated rings. The fourth-order valence-electron chi connectivity index (χ4n) is 4.15. The molecule has 2 aromatic carbocycles. The average molecular weight is 448 g/mol. The lowest BCUT2D eigenvalue weighted by Crippen LogP contribution is -2.39. The highest BCUT2D eigenvalue weighted by Gasteiger charge is 2.19. The van der Waals surface area contributed by atoms with Crippen LogP contribution in [0.15, 0.2) is 53.3 Å². The lowest BCUT2D eigenvalue weighted by molar-refractivity contribution is -0.124. The number of aromatic nitrogens is 2. The van der Waals surface area contributed by atoms with Crippen molar-refractivity contribution in [3.8, 4) is 34.0 Å². The van der Waals surface area contributed by atoms with E-state index in [1.165, 1.54) is 0 Å². The summed E-state index contributed by atoms with van der Waals surface area (Å²) in [5.74, 6) is 1.33. The van der Waals surface area contributed by atoms with E-state index in [0.717, 1.165) is 37.2 Å². The SMILES string of the molecule is Cc1cc(-c2cc(-c3cccc(OCC(=O)NC4CCC(C)CC4)c3)nc(=O)[nH]2)ccc1O. The van der Waals surface area contributed by atoms with Crippen molar-refractivity contribution in [2.75, 3.05) is 6.61 Å². The number of ether oxygens (including phenoxy) is 1. The van der Waals surface area contributed by atoms with Crippen molar-refractivity contribution in [3.05, 3.63) is 64.6 Å². The van der Waals surface area contributed by atoms with Crippen LogP contribution in [0.2, 0.25) is 0 Å². The Morgan fingerprint density at radius 3 is 2.67 bits per heavy atom. The highest BCUT2D eigenvalue weighted by atomic mass is 16.5. The van der Waals surface area contributed by atoms with Gasteiger partial charge < -0.3 is 20.1 Å². The number of carbonyl (C=O) groups is 1. The summed E-state index contributed by atoms with van der Waals surface area (Å²) in [5, 5.41) is 12.8. The van der Waals surface area contributed by atoms with Crippen LogP contribution in [0.25, 0.3) is 22.5 Å². The minimum absolute atomic E-state index is 0.0592. The standard InChI is InChI=1S/C26H29N3O4/c1-16-6-9-20(10-7-16)27-25(31)15-33-21-5-3-4-18(13-21)22-14-23(29-26(32)28-22)19-8-11-24(30)17(2)12-19/h3-5,8,11-14,16,20,30H,6-7,9-10,15H2,1-2H3,(H,27,31)(H,28,29,32). The van der Waals surface area contributed by atoms with E-state index >= 15 is 0 Å². The Kier molecular flexibility index (Phi) is 6.77. The molecule has 0 atom stereocenters. The zero-order chi connectivity index (χ0) is 23.4. The monoisotopic (exact) mass is 447 g/mol. The van der Waals surface area contributed by atoms with Crippen LogP contribution in [-0.2, 0) is 4.79 Å². The minimum Gasteiger partial charge on any atom is -0.508 e. The maximum Gasteiger partial charge on any atom is 0.345 e. The molecule has 1 aromatic heterocycles. The molecule has 1 aliphatic carbocycles. The van der Waals surface area contributed by atoms with Gasteiger partial charge in [0, 0.05) is 11.6 Å². The summed E-state index contributed by atoms with van der Waals surface area (Å²) in [5.41, 5.74) is 2.81. The van der Waals surface area contributed by atoms with Gasteiger partial charge in [-0.2, -0.15) is 4.98 Å². The lowest BCUT2D eigenvalue weighted by atomic mass is 9.87. The molecule has 3 N–H and O–H groups in total. The van der Waals surface area contributed by atoms with E-state index in [2.05, 4.69) is 22.2 Å². The number of nitrogens with zero attached hydrogens (tertiary/aromatic N) is 1. The van der Waals surface area contributed by atoms with Gasteiger partial charge in [-0.05, 0) is 86.1 Å². The Bertz CT molecular complexity index is 1200. The first-order chi connectivity index (χ1) is 15.9. The number of hydrogen-bond acceptors (Lipinski definition) is 5. The summed E-state index contributed by atoms with van der Waals surface area (Å²) >= 11 is 0. The molecule has 1 heterocycles. The molecule has 0 aliphatic heterocycles. The third kappa shape index (κ3) is 5.80. The second-order valence-electron chi connectivity index (χ2n) is 8.83. The Hall–Kier alpha value is -3.61. The van der Waals surface area contributed by atoms with E-state index in [1.54, 1.807) is 49.4 Å². The predicted octanol–water partition coefficient (Wildman–Crippen LogP) is 4.19. The number of H-pyrrole nitrogens is 1. The van der Waals surface area contributed by atoms with Gasteiger partial charge in [0.05, 0.1) is 11.4 Å². The number of aromatic amines is 1. The molecule has 0 saturated heterocycles. The predicted molar refractivity (Wildman–Crippen MR) is 127 cm³/mol. The van der Waals surface area contributed by atoms with Gasteiger partial charge in [-0.3, -0.25) is 4.79 Å². The van der Waals surface area contributed by atoms with Crippen LogP contribution >= 0.6 is 0 Å². The van der Waals surface area contributed by atoms with Crippen molar-refractivity contribution >= 4 is 5.91 Å². The smallest absolute Gasteiger partial charge is 0.345 e. The Morgan fingerprint density at radius 1 is 1.12 bits per heavy atom. The molecular formula is C26H29N3O4. The van der Waals surface area contributed by atoms with E-state index in [-0.39, 0.29) is 24.3 Å². The molecule has 7 heteroatoms. The summed E-state index contributed by atoms with van der Waals surface area (Å²) in [4.78, 5) is 31.4. The van der Waals surface area contributed by atoms with Crippen LogP contribution in [0.5, 0.6) is 11.5 Å². The first kappa shape index (κ1) is 22.6. The van der Waals surface area contributed by atoms with Crippen LogP contribution in [0.4, 0.5) is 0 Å². The fraction of sp³-hybridized carbons (Fsp3) is 0.346. The summed E-state index contributed by atoms with van der Waals surface area (Å²) < 4.78 is 5.71. The number of benzene rings is 2. The second-order valence-corrected chi connectivity index (χ2v) is 8.83. The van der Waals surface area contributed by atoms with Crippen molar-refractivity contribution in [2.24, 2.45) is 5.92 Å². The molecule has 1 saturated carbocycles. The Balaban J connectivity index is 1.46. The molecule has 0 spiro atoms. The first-order valence-electron chi connectivity index (χ1n) is 11.3. The summed E-state index contributed by atoms with van der Waals surface area (Å²) in [6.45, 7) is 3.99. The third-order valence-corrected chi connectivity index (χ3v) is 6.13. The quantitative estimate of drug-likeness (QED) is 0.526. The molecule has 0 radical (unpaired) electrons. The van der Waals surface area contributed by atoms with E-state index < -0.39 is 5.69 Å². The molecule has 0 bridgehead atoms. The topological polar surface area (TPSA) is 104 Å². The Labute approximate surface area is 192 Å². The van der Waals surface area contributed by atoms with E-state index in [9.17, 15) is 14.7 Å². The van der Waals surface area contributed by atoms with Gasteiger partial charge in [-0.25, -0.2) is 4.79 Å². The normalized spacial score (nSPS) is 18.0. The molecule has 3 aromatic rings. The average Bonchev–Trinajstić information content (AvgIpc) is 2.81. The van der Waals surface area contributed by atoms with Crippen molar-refractivity contribution in [1.82, 2.24) is 15.3 Å². The van der Waals surface area contributed by atoms with Gasteiger partial charge >= 0.3 is 5.69 Å². The molecule has 1 amide bonds. The van der Waals surface area contributed by atoms with E-state index in [4.69, 9.17) is 4.74 Å². The maximum atomic E-state index is 12.3. The zero-order valence-electron chi connectivity index (χ0n) is 18.9. The number of hydrogen-bond donors (Lipinski definition) is 3. The van der Waals surface area contributed by atoms with Gasteiger partial charge in [0.15, 0.2) is 6.61 Å². The van der Waals surface area contributed by atoms with Crippen LogP contribution in [0, 0.1) is 12.8 Å². The molecule has 7 nitrogen and oxygen atoms in total. The summed E-state index contributed by atoms with van der Waals surface area (Å²) in [7, 11) is 0. The number of carbonyl (C=O) groups excluding carboxylic acids is 1. The largest absolute Gasteiger partial charge is 0.508 e. The summed E-state index contributed by atoms with van der Waals surface area (Å²) in [6.07, 6.45) is 4.31. The number of rotatable bonds is 6. The maximum absolute atomic E-state index is 12.3. The molecular weight excluding hydrogens is 418 g/mol. The number of phenols is 1. The number of aryl methyl sites for hydroxylation is 1. The fourth-order valence-corrected chi connectivity index (χ4v) is 4.15. The number of amides is 1. The zero-order valence-corrected chi connectivity index (χ0v) is 18.9. The van der Waals surface area contributed by atoms with Crippen molar-refractivity contribution in [1.29, 1.82) is 0 Å². The molecule has 0 unspecified atom stereocenters. The van der Waals surface area contributed by atoms with E-state index in [1.807, 2.05) is 6.07 Å². The number of nitrogens with one attached hydrogen (secondary N) is 2. The van der Waals surface area contributed by atoms with Gasteiger partial charge in [-0.15, -0.1) is 0 Å². The third-order valence-electron chi connectivity index (χ3n) is 6.13. The van der Waals surface area contributed by atoms with Crippen LogP contribution in [0.1, 0.15) is 38.2 Å². The second kappa shape index (κ2) is 9.90. The number of aromatic hydroxyl groups is 1. The molecule has 4 rings (SSSR count). The Morgan fingerprint density at radius 2 is 1.91 bits per heavy atom. The molecule has 33 heavy (non-hydrogen) atoms. The van der Waals surface area contributed by atoms with Gasteiger partial charge in [0.2, 0.25) is 0 Å². The van der Waals surface area contributed by atoms with Crippen LogP contribution < -0.4 is 15.7 Å². The first-order valence-corrected chi connectivity index (χ1v) is 11.3. The molecule has 172 valence electrons. The number of phenolic OH excluding ortho intramolecular Hbond substituents is 1. The highest BCUT2D eigenvalue weighted by molar-refractivity contribution is 5.78. The molecule has 1 aliphatic rings. The van der Waals surface area contributed by atoms with Crippen LogP contribution in [-0.4, -0.2) is 33.6 Å². The van der Waals surface area contributed by atoms with Gasteiger partial charge in [0.25, 0.3) is 5.91 Å². The van der Waals surface area contributed by atoms with Crippen molar-refractivity contribution in [2.45, 2.75) is 45.6 Å².